The molecule has 0 aliphatic carbocycles. The van der Waals surface area contributed by atoms with Crippen LogP contribution < -0.4 is 21.3 Å². The molecule has 0 aliphatic rings. The maximum atomic E-state index is 14.0. The number of halogens is 1. The molecule has 3 amide bonds. The van der Waals surface area contributed by atoms with Gasteiger partial charge in [0.15, 0.2) is 0 Å². The van der Waals surface area contributed by atoms with E-state index in [1.54, 1.807) is 55.4 Å². The van der Waals surface area contributed by atoms with Crippen molar-refractivity contribution in [2.75, 3.05) is 24.3 Å². The third kappa shape index (κ3) is 4.69. The number of nitrogens with two attached hydrogens (primary N) is 1. The van der Waals surface area contributed by atoms with E-state index in [4.69, 9.17) is 5.73 Å². The Balaban J connectivity index is 2.07. The predicted octanol–water partition coefficient (Wildman–Crippen LogP) is 2.87. The van der Waals surface area contributed by atoms with Gasteiger partial charge in [0, 0.05) is 25.3 Å². The van der Waals surface area contributed by atoms with Gasteiger partial charge < -0.3 is 21.3 Å². The minimum Gasteiger partial charge on any atom is -0.375 e. The lowest BCUT2D eigenvalue weighted by molar-refractivity contribution is 0.0939. The van der Waals surface area contributed by atoms with Crippen molar-refractivity contribution in [3.63, 3.8) is 0 Å². The summed E-state index contributed by atoms with van der Waals surface area (Å²) in [7, 11) is 3.47. The first-order valence-electron chi connectivity index (χ1n) is 7.72. The molecule has 2 rings (SSSR count). The molecule has 0 aliphatic heterocycles. The number of nitrogens with one attached hydrogen (secondary N) is 2. The van der Waals surface area contributed by atoms with Crippen LogP contribution in [-0.4, -0.2) is 26.0 Å². The van der Waals surface area contributed by atoms with Crippen LogP contribution in [0.5, 0.6) is 0 Å². The van der Waals surface area contributed by atoms with Crippen molar-refractivity contribution in [3.8, 4) is 0 Å². The first-order chi connectivity index (χ1) is 11.8. The van der Waals surface area contributed by atoms with E-state index >= 15 is 0 Å². The third-order valence-electron chi connectivity index (χ3n) is 3.72. The molecule has 0 saturated carbocycles. The van der Waals surface area contributed by atoms with Crippen LogP contribution >= 0.6 is 0 Å². The topological polar surface area (TPSA) is 87.5 Å². The second-order valence-electron chi connectivity index (χ2n) is 5.87. The van der Waals surface area contributed by atoms with E-state index in [-0.39, 0.29) is 17.5 Å². The van der Waals surface area contributed by atoms with Crippen LogP contribution in [0.15, 0.2) is 42.5 Å². The van der Waals surface area contributed by atoms with E-state index in [1.165, 1.54) is 6.07 Å². The van der Waals surface area contributed by atoms with Crippen LogP contribution in [0.4, 0.5) is 20.6 Å². The minimum absolute atomic E-state index is 0.252. The molecule has 0 unspecified atom stereocenters. The summed E-state index contributed by atoms with van der Waals surface area (Å²) < 4.78 is 14.0. The maximum absolute atomic E-state index is 14.0. The van der Waals surface area contributed by atoms with Gasteiger partial charge in [-0.1, -0.05) is 12.1 Å². The van der Waals surface area contributed by atoms with Gasteiger partial charge in [0.1, 0.15) is 5.82 Å². The molecule has 0 radical (unpaired) electrons. The summed E-state index contributed by atoms with van der Waals surface area (Å²) in [5.74, 6) is -0.816. The van der Waals surface area contributed by atoms with E-state index in [2.05, 4.69) is 10.6 Å². The standard InChI is InChI=1S/C18H21FN4O2/c1-11(12-4-7-14(8-5-12)22-18(20)25)21-17(24)13-6-9-16(23(2)3)15(19)10-13/h4-11H,1-3H3,(H,21,24)(H3,20,22,25)/t11-/m1/s1. The molecule has 6 nitrogen and oxygen atoms in total. The highest BCUT2D eigenvalue weighted by molar-refractivity contribution is 5.95. The Morgan fingerprint density at radius 1 is 1.12 bits per heavy atom. The van der Waals surface area contributed by atoms with Crippen LogP contribution in [0.3, 0.4) is 0 Å². The zero-order chi connectivity index (χ0) is 18.6. The number of nitrogens with zero attached hydrogens (tertiary/aromatic N) is 1. The number of amides is 3. The highest BCUT2D eigenvalue weighted by atomic mass is 19.1. The van der Waals surface area contributed by atoms with E-state index < -0.39 is 11.8 Å². The SMILES string of the molecule is C[C@@H](NC(=O)c1ccc(N(C)C)c(F)c1)c1ccc(NC(N)=O)cc1. The summed E-state index contributed by atoms with van der Waals surface area (Å²) in [5.41, 5.74) is 7.13. The van der Waals surface area contributed by atoms with Gasteiger partial charge in [0.05, 0.1) is 11.7 Å². The van der Waals surface area contributed by atoms with Crippen molar-refractivity contribution in [3.05, 3.63) is 59.4 Å². The van der Waals surface area contributed by atoms with Gasteiger partial charge in [-0.2, -0.15) is 0 Å². The quantitative estimate of drug-likeness (QED) is 0.779. The summed E-state index contributed by atoms with van der Waals surface area (Å²) in [4.78, 5) is 24.8. The normalized spacial score (nSPS) is 11.5. The lowest BCUT2D eigenvalue weighted by atomic mass is 10.1. The fraction of sp³-hybridized carbons (Fsp3) is 0.222. The average molecular weight is 344 g/mol. The van der Waals surface area contributed by atoms with E-state index in [0.29, 0.717) is 11.4 Å². The van der Waals surface area contributed by atoms with Crippen LogP contribution in [0.2, 0.25) is 0 Å². The molecule has 0 saturated heterocycles. The zero-order valence-corrected chi connectivity index (χ0v) is 14.3. The molecule has 25 heavy (non-hydrogen) atoms. The summed E-state index contributed by atoms with van der Waals surface area (Å²) in [6.07, 6.45) is 0. The van der Waals surface area contributed by atoms with Crippen LogP contribution in [-0.2, 0) is 0 Å². The molecule has 7 heteroatoms. The second-order valence-corrected chi connectivity index (χ2v) is 5.87. The molecule has 132 valence electrons. The van der Waals surface area contributed by atoms with Crippen molar-refractivity contribution < 1.29 is 14.0 Å². The number of carbonyl (C=O) groups is 2. The second kappa shape index (κ2) is 7.65. The lowest BCUT2D eigenvalue weighted by Crippen LogP contribution is -2.27. The van der Waals surface area contributed by atoms with Gasteiger partial charge in [-0.05, 0) is 42.8 Å². The van der Waals surface area contributed by atoms with Crippen LogP contribution in [0, 0.1) is 5.82 Å². The Morgan fingerprint density at radius 3 is 2.28 bits per heavy atom. The smallest absolute Gasteiger partial charge is 0.316 e. The first kappa shape index (κ1) is 18.3. The van der Waals surface area contributed by atoms with E-state index in [0.717, 1.165) is 5.56 Å². The van der Waals surface area contributed by atoms with Gasteiger partial charge in [0.2, 0.25) is 0 Å². The summed E-state index contributed by atoms with van der Waals surface area (Å²) >= 11 is 0. The lowest BCUT2D eigenvalue weighted by Gasteiger charge is -2.17. The molecule has 0 bridgehead atoms. The number of anilines is 2. The fourth-order valence-electron chi connectivity index (χ4n) is 2.37. The Morgan fingerprint density at radius 2 is 1.76 bits per heavy atom. The maximum Gasteiger partial charge on any atom is 0.316 e. The molecule has 2 aromatic rings. The van der Waals surface area contributed by atoms with Gasteiger partial charge in [-0.15, -0.1) is 0 Å². The number of urea groups is 1. The number of carbonyl (C=O) groups excluding carboxylic acids is 2. The van der Waals surface area contributed by atoms with Crippen LogP contribution in [0.25, 0.3) is 0 Å². The Hall–Kier alpha value is -3.09. The number of primary amides is 1. The molecule has 2 aromatic carbocycles. The van der Waals surface area contributed by atoms with Gasteiger partial charge in [-0.3, -0.25) is 4.79 Å². The number of rotatable bonds is 5. The molecule has 0 spiro atoms. The highest BCUT2D eigenvalue weighted by Gasteiger charge is 2.14. The van der Waals surface area contributed by atoms with Crippen molar-refractivity contribution in [1.29, 1.82) is 0 Å². The van der Waals surface area contributed by atoms with Gasteiger partial charge in [0.25, 0.3) is 5.91 Å². The Kier molecular flexibility index (Phi) is 5.59. The Labute approximate surface area is 145 Å². The van der Waals surface area contributed by atoms with Crippen molar-refractivity contribution in [2.24, 2.45) is 5.73 Å². The summed E-state index contributed by atoms with van der Waals surface area (Å²) in [6, 6.07) is 10.4. The van der Waals surface area contributed by atoms with Gasteiger partial charge >= 0.3 is 6.03 Å². The first-order valence-corrected chi connectivity index (χ1v) is 7.72. The predicted molar refractivity (Wildman–Crippen MR) is 96.3 cm³/mol. The monoisotopic (exact) mass is 344 g/mol. The zero-order valence-electron chi connectivity index (χ0n) is 14.3. The number of hydrogen-bond donors (Lipinski definition) is 3. The minimum atomic E-state index is -0.641. The van der Waals surface area contributed by atoms with E-state index in [9.17, 15) is 14.0 Å². The molecule has 0 fully saturated rings. The van der Waals surface area contributed by atoms with Crippen molar-refractivity contribution in [2.45, 2.75) is 13.0 Å². The van der Waals surface area contributed by atoms with Crippen molar-refractivity contribution >= 4 is 23.3 Å². The molecular weight excluding hydrogens is 323 g/mol. The van der Waals surface area contributed by atoms with E-state index in [1.807, 2.05) is 6.92 Å². The average Bonchev–Trinajstić information content (AvgIpc) is 2.54. The number of benzene rings is 2. The molecular formula is C18H21FN4O2. The molecule has 0 heterocycles. The molecule has 0 aromatic heterocycles. The van der Waals surface area contributed by atoms with Crippen LogP contribution in [0.1, 0.15) is 28.9 Å². The van der Waals surface area contributed by atoms with Gasteiger partial charge in [-0.25, -0.2) is 9.18 Å². The fourth-order valence-corrected chi connectivity index (χ4v) is 2.37. The third-order valence-corrected chi connectivity index (χ3v) is 3.72. The molecule has 4 N–H and O–H groups in total. The summed E-state index contributed by atoms with van der Waals surface area (Å²) in [5, 5.41) is 5.28. The Bertz CT molecular complexity index is 775. The van der Waals surface area contributed by atoms with Crippen molar-refractivity contribution in [1.82, 2.24) is 5.32 Å². The highest BCUT2D eigenvalue weighted by Crippen LogP contribution is 2.20. The summed E-state index contributed by atoms with van der Waals surface area (Å²) in [6.45, 7) is 1.82. The largest absolute Gasteiger partial charge is 0.375 e. The number of hydrogen-bond acceptors (Lipinski definition) is 3. The molecule has 1 atom stereocenters.